The van der Waals surface area contributed by atoms with Crippen LogP contribution in [0.3, 0.4) is 0 Å². The van der Waals surface area contributed by atoms with Gasteiger partial charge in [0, 0.05) is 0 Å². The molecule has 0 unspecified atom stereocenters. The number of rotatable bonds is 0. The highest BCUT2D eigenvalue weighted by molar-refractivity contribution is 7.45. The third-order valence-corrected chi connectivity index (χ3v) is 0. The molecule has 0 aliphatic rings. The van der Waals surface area contributed by atoms with Gasteiger partial charge in [0.1, 0.15) is 9.03 Å². The molecule has 0 spiro atoms. The topological polar surface area (TPSA) is 118 Å². The van der Waals surface area contributed by atoms with Gasteiger partial charge in [-0.05, 0) is 0 Å². The van der Waals surface area contributed by atoms with Gasteiger partial charge in [-0.3, -0.25) is 0 Å². The first-order valence-corrected chi connectivity index (χ1v) is 3.69. The fourth-order valence-electron chi connectivity index (χ4n) is 0. The Morgan fingerprint density at radius 2 is 1.12 bits per heavy atom. The summed E-state index contributed by atoms with van der Waals surface area (Å²) in [7, 11) is -5.56. The highest BCUT2D eigenvalue weighted by Crippen LogP contribution is 2.25. The molecule has 0 amide bonds. The molecule has 0 aliphatic carbocycles. The molecule has 8 heavy (non-hydrogen) atoms. The molecule has 0 fully saturated rings. The van der Waals surface area contributed by atoms with Gasteiger partial charge in [-0.2, -0.15) is 0 Å². The third kappa shape index (κ3) is 910. The molecule has 0 rings (SSSR count). The Bertz CT molecular complexity index is 62.3. The Balaban J connectivity index is 0. The van der Waals surface area contributed by atoms with E-state index in [4.69, 9.17) is 29.0 Å². The predicted octanol–water partition coefficient (Wildman–Crippen LogP) is -1.45. The smallest absolute Gasteiger partial charge is 0.352 e. The lowest BCUT2D eigenvalue weighted by Gasteiger charge is -1.82. The van der Waals surface area contributed by atoms with Gasteiger partial charge in [0.2, 0.25) is 0 Å². The van der Waals surface area contributed by atoms with E-state index >= 15 is 0 Å². The van der Waals surface area contributed by atoms with Crippen molar-refractivity contribution >= 4 is 16.9 Å². The van der Waals surface area contributed by atoms with Gasteiger partial charge in [0.15, 0.2) is 0 Å². The monoisotopic (exact) mass is 164 g/mol. The average Bonchev–Trinajstić information content (AvgIpc) is 1.27. The first kappa shape index (κ1) is 11.3. The van der Waals surface area contributed by atoms with Crippen molar-refractivity contribution in [3.63, 3.8) is 0 Å². The zero-order valence-corrected chi connectivity index (χ0v) is 5.49. The highest BCUT2D eigenvalue weighted by Gasteiger charge is 2.00. The van der Waals surface area contributed by atoms with Crippen LogP contribution < -0.4 is 0 Å². The zero-order valence-electron chi connectivity index (χ0n) is 3.59. The molecule has 8 heteroatoms. The van der Waals surface area contributed by atoms with Crippen LogP contribution in [0.15, 0.2) is 0 Å². The molecule has 5 N–H and O–H groups in total. The van der Waals surface area contributed by atoms with Crippen LogP contribution in [-0.2, 0) is 4.57 Å². The normalized spacial score (nSPS) is 9.62. The Kier molecular flexibility index (Phi) is 7.89. The molecule has 6 nitrogen and oxygen atoms in total. The van der Waals surface area contributed by atoms with E-state index in [1.165, 1.54) is 0 Å². The van der Waals surface area contributed by atoms with Crippen molar-refractivity contribution in [1.82, 2.24) is 0 Å². The lowest BCUT2D eigenvalue weighted by Crippen LogP contribution is -1.66. The minimum absolute atomic E-state index is 0.917. The molecule has 0 atom stereocenters. The van der Waals surface area contributed by atoms with E-state index in [0.717, 1.165) is 0 Å². The van der Waals surface area contributed by atoms with Gasteiger partial charge in [0.25, 0.3) is 0 Å². The maximum atomic E-state index is 8.88. The quantitative estimate of drug-likeness (QED) is 0.279. The Hall–Kier alpha value is 0.460. The SMILES string of the molecule is O=P(O)(O)O.OPO. The Morgan fingerprint density at radius 3 is 1.12 bits per heavy atom. The van der Waals surface area contributed by atoms with Crippen LogP contribution in [0.4, 0.5) is 0 Å². The van der Waals surface area contributed by atoms with Crippen LogP contribution in [0, 0.1) is 0 Å². The summed E-state index contributed by atoms with van der Waals surface area (Å²) in [6.07, 6.45) is 0. The van der Waals surface area contributed by atoms with E-state index < -0.39 is 16.9 Å². The van der Waals surface area contributed by atoms with Crippen molar-refractivity contribution in [1.29, 1.82) is 0 Å². The molecule has 0 saturated heterocycles. The summed E-state index contributed by atoms with van der Waals surface area (Å²) >= 11 is 0. The first-order valence-electron chi connectivity index (χ1n) is 1.23. The number of hydrogen-bond acceptors (Lipinski definition) is 3. The average molecular weight is 164 g/mol. The maximum Gasteiger partial charge on any atom is 0.466 e. The fourth-order valence-corrected chi connectivity index (χ4v) is 0. The summed E-state index contributed by atoms with van der Waals surface area (Å²) < 4.78 is 8.88. The lowest BCUT2D eigenvalue weighted by atomic mass is 15.8. The predicted molar refractivity (Wildman–Crippen MR) is 27.0 cm³/mol. The standard InChI is InChI=1S/H3O4P.H3O2P/c1-5(2,3)4;1-3-2/h(H3,1,2,3,4);1-3H. The molecule has 0 aliphatic heterocycles. The maximum absolute atomic E-state index is 8.88. The second-order valence-electron chi connectivity index (χ2n) is 0.613. The molecular weight excluding hydrogens is 158 g/mol. The minimum atomic E-state index is -4.64. The van der Waals surface area contributed by atoms with Crippen molar-refractivity contribution in [2.75, 3.05) is 0 Å². The van der Waals surface area contributed by atoms with Gasteiger partial charge in [0.05, 0.1) is 0 Å². The van der Waals surface area contributed by atoms with E-state index in [0.29, 0.717) is 0 Å². The second kappa shape index (κ2) is 5.59. The van der Waals surface area contributed by atoms with Gasteiger partial charge >= 0.3 is 7.82 Å². The largest absolute Gasteiger partial charge is 0.466 e. The van der Waals surface area contributed by atoms with Crippen LogP contribution in [0.5, 0.6) is 0 Å². The van der Waals surface area contributed by atoms with Crippen LogP contribution in [-0.4, -0.2) is 24.5 Å². The summed E-state index contributed by atoms with van der Waals surface area (Å²) in [5.41, 5.74) is 0. The molecule has 0 saturated carbocycles. The van der Waals surface area contributed by atoms with E-state index in [1.807, 2.05) is 0 Å². The van der Waals surface area contributed by atoms with Gasteiger partial charge in [-0.25, -0.2) is 4.57 Å². The van der Waals surface area contributed by atoms with Crippen molar-refractivity contribution in [2.45, 2.75) is 0 Å². The molecular formula is H6O6P2. The summed E-state index contributed by atoms with van der Waals surface area (Å²) in [5, 5.41) is 0. The van der Waals surface area contributed by atoms with Gasteiger partial charge in [-0.1, -0.05) is 0 Å². The second-order valence-corrected chi connectivity index (χ2v) is 1.84. The number of hydrogen-bond donors (Lipinski definition) is 5. The van der Waals surface area contributed by atoms with E-state index in [2.05, 4.69) is 0 Å². The summed E-state index contributed by atoms with van der Waals surface area (Å²) in [6, 6.07) is 0. The summed E-state index contributed by atoms with van der Waals surface area (Å²) in [6.45, 7) is 0. The molecule has 0 heterocycles. The van der Waals surface area contributed by atoms with Crippen LogP contribution in [0.25, 0.3) is 0 Å². The molecule has 0 radical (unpaired) electrons. The lowest BCUT2D eigenvalue weighted by molar-refractivity contribution is 0.275. The van der Waals surface area contributed by atoms with E-state index in [1.54, 1.807) is 0 Å². The van der Waals surface area contributed by atoms with Crippen molar-refractivity contribution < 1.29 is 29.0 Å². The Labute approximate surface area is 47.0 Å². The van der Waals surface area contributed by atoms with Crippen molar-refractivity contribution in [3.05, 3.63) is 0 Å². The van der Waals surface area contributed by atoms with Gasteiger partial charge < -0.3 is 24.5 Å². The Morgan fingerprint density at radius 1 is 1.12 bits per heavy atom. The number of phosphoric acid groups is 1. The molecule has 0 aromatic rings. The zero-order chi connectivity index (χ0) is 7.21. The summed E-state index contributed by atoms with van der Waals surface area (Å²) in [5.74, 6) is 0. The van der Waals surface area contributed by atoms with E-state index in [-0.39, 0.29) is 0 Å². The van der Waals surface area contributed by atoms with Crippen LogP contribution >= 0.6 is 16.9 Å². The van der Waals surface area contributed by atoms with Crippen molar-refractivity contribution in [3.8, 4) is 0 Å². The highest BCUT2D eigenvalue weighted by atomic mass is 31.2. The minimum Gasteiger partial charge on any atom is -0.352 e. The molecule has 0 aromatic carbocycles. The fraction of sp³-hybridized carbons (Fsp3) is 0. The van der Waals surface area contributed by atoms with E-state index in [9.17, 15) is 0 Å². The van der Waals surface area contributed by atoms with Gasteiger partial charge in [-0.15, -0.1) is 0 Å². The third-order valence-electron chi connectivity index (χ3n) is 0. The molecule has 52 valence electrons. The molecule has 0 bridgehead atoms. The van der Waals surface area contributed by atoms with Crippen molar-refractivity contribution in [2.24, 2.45) is 0 Å². The first-order chi connectivity index (χ1) is 3.41. The summed E-state index contributed by atoms with van der Waals surface area (Å²) in [4.78, 5) is 35.9. The molecule has 0 aromatic heterocycles. The van der Waals surface area contributed by atoms with Crippen LogP contribution in [0.1, 0.15) is 0 Å². The van der Waals surface area contributed by atoms with Crippen LogP contribution in [0.2, 0.25) is 0 Å².